The number of rotatable bonds is 1. The second-order valence-corrected chi connectivity index (χ2v) is 3.80. The Morgan fingerprint density at radius 3 is 2.80 bits per heavy atom. The van der Waals surface area contributed by atoms with E-state index in [2.05, 4.69) is 0 Å². The lowest BCUT2D eigenvalue weighted by molar-refractivity contribution is -0.0124. The summed E-state index contributed by atoms with van der Waals surface area (Å²) in [7, 11) is 0. The Labute approximate surface area is 89.7 Å². The monoisotopic (exact) mass is 205 g/mol. The molecule has 1 amide bonds. The zero-order valence-corrected chi connectivity index (χ0v) is 8.85. The van der Waals surface area contributed by atoms with Crippen LogP contribution in [0, 0.1) is 0 Å². The lowest BCUT2D eigenvalue weighted by atomic mass is 10.2. The minimum absolute atomic E-state index is 0.103. The van der Waals surface area contributed by atoms with Gasteiger partial charge in [0, 0.05) is 18.7 Å². The van der Waals surface area contributed by atoms with Crippen molar-refractivity contribution in [2.75, 3.05) is 19.7 Å². The highest BCUT2D eigenvalue weighted by Crippen LogP contribution is 2.09. The molecule has 1 aliphatic heterocycles. The Kier molecular flexibility index (Phi) is 3.02. The molecule has 0 saturated carbocycles. The minimum atomic E-state index is 0.103. The van der Waals surface area contributed by atoms with Crippen LogP contribution >= 0.6 is 0 Å². The van der Waals surface area contributed by atoms with Crippen LogP contribution in [0.2, 0.25) is 0 Å². The summed E-state index contributed by atoms with van der Waals surface area (Å²) in [6.07, 6.45) is 0.145. The predicted molar refractivity (Wildman–Crippen MR) is 57.8 cm³/mol. The average Bonchev–Trinajstić information content (AvgIpc) is 2.29. The van der Waals surface area contributed by atoms with Crippen LogP contribution < -0.4 is 0 Å². The third-order valence-corrected chi connectivity index (χ3v) is 2.55. The fourth-order valence-electron chi connectivity index (χ4n) is 1.77. The van der Waals surface area contributed by atoms with E-state index in [0.717, 1.165) is 5.56 Å². The number of hydrogen-bond donors (Lipinski definition) is 0. The fraction of sp³-hybridized carbons (Fsp3) is 0.417. The highest BCUT2D eigenvalue weighted by atomic mass is 16.5. The van der Waals surface area contributed by atoms with Gasteiger partial charge < -0.3 is 9.64 Å². The Morgan fingerprint density at radius 2 is 2.13 bits per heavy atom. The van der Waals surface area contributed by atoms with Gasteiger partial charge in [0.2, 0.25) is 0 Å². The average molecular weight is 205 g/mol. The zero-order chi connectivity index (χ0) is 10.7. The van der Waals surface area contributed by atoms with Crippen molar-refractivity contribution in [1.29, 1.82) is 0 Å². The first-order chi connectivity index (χ1) is 7.27. The summed E-state index contributed by atoms with van der Waals surface area (Å²) in [4.78, 5) is 13.9. The molecule has 0 bridgehead atoms. The van der Waals surface area contributed by atoms with Gasteiger partial charge in [0.1, 0.15) is 0 Å². The highest BCUT2D eigenvalue weighted by molar-refractivity contribution is 5.94. The van der Waals surface area contributed by atoms with E-state index in [1.165, 1.54) is 0 Å². The molecule has 0 unspecified atom stereocenters. The quantitative estimate of drug-likeness (QED) is 0.696. The number of carbonyl (C=O) groups excluding carboxylic acids is 1. The molecule has 0 aromatic heterocycles. The van der Waals surface area contributed by atoms with Gasteiger partial charge >= 0.3 is 0 Å². The van der Waals surface area contributed by atoms with E-state index < -0.39 is 0 Å². The molecule has 3 nitrogen and oxygen atoms in total. The van der Waals surface area contributed by atoms with Crippen molar-refractivity contribution in [3.05, 3.63) is 35.9 Å². The number of benzene rings is 1. The molecule has 1 saturated heterocycles. The van der Waals surface area contributed by atoms with Crippen LogP contribution in [0.3, 0.4) is 0 Å². The molecular formula is C12H15NO2. The maximum absolute atomic E-state index is 12.0. The SMILES string of the molecule is C[C@@H]1CN(C(=O)c2ccccc2)CCO1. The number of hydrogen-bond acceptors (Lipinski definition) is 2. The Balaban J connectivity index is 2.08. The number of carbonyl (C=O) groups is 1. The van der Waals surface area contributed by atoms with Gasteiger partial charge in [-0.05, 0) is 19.1 Å². The van der Waals surface area contributed by atoms with Gasteiger partial charge in [-0.15, -0.1) is 0 Å². The lowest BCUT2D eigenvalue weighted by Crippen LogP contribution is -2.44. The van der Waals surface area contributed by atoms with Crippen LogP contribution in [0.4, 0.5) is 0 Å². The maximum atomic E-state index is 12.0. The van der Waals surface area contributed by atoms with E-state index in [9.17, 15) is 4.79 Å². The highest BCUT2D eigenvalue weighted by Gasteiger charge is 2.21. The van der Waals surface area contributed by atoms with E-state index in [0.29, 0.717) is 19.7 Å². The first kappa shape index (κ1) is 10.2. The summed E-state index contributed by atoms with van der Waals surface area (Å²) in [5.74, 6) is 0.103. The molecule has 80 valence electrons. The van der Waals surface area contributed by atoms with Crippen LogP contribution in [0.1, 0.15) is 17.3 Å². The summed E-state index contributed by atoms with van der Waals surface area (Å²) in [5, 5.41) is 0. The zero-order valence-electron chi connectivity index (χ0n) is 8.85. The van der Waals surface area contributed by atoms with Gasteiger partial charge in [-0.3, -0.25) is 4.79 Å². The van der Waals surface area contributed by atoms with E-state index in [1.807, 2.05) is 42.2 Å². The summed E-state index contributed by atoms with van der Waals surface area (Å²) >= 11 is 0. The largest absolute Gasteiger partial charge is 0.375 e. The van der Waals surface area contributed by atoms with E-state index in [1.54, 1.807) is 0 Å². The van der Waals surface area contributed by atoms with Crippen molar-refractivity contribution >= 4 is 5.91 Å². The normalized spacial score (nSPS) is 21.4. The van der Waals surface area contributed by atoms with E-state index in [-0.39, 0.29) is 12.0 Å². The Hall–Kier alpha value is -1.35. The van der Waals surface area contributed by atoms with Crippen molar-refractivity contribution in [2.45, 2.75) is 13.0 Å². The molecule has 2 rings (SSSR count). The molecule has 1 aromatic rings. The summed E-state index contributed by atoms with van der Waals surface area (Å²) < 4.78 is 5.40. The summed E-state index contributed by atoms with van der Waals surface area (Å²) in [5.41, 5.74) is 0.756. The number of nitrogens with zero attached hydrogens (tertiary/aromatic N) is 1. The van der Waals surface area contributed by atoms with Gasteiger partial charge in [-0.2, -0.15) is 0 Å². The van der Waals surface area contributed by atoms with Gasteiger partial charge in [-0.1, -0.05) is 18.2 Å². The second-order valence-electron chi connectivity index (χ2n) is 3.80. The van der Waals surface area contributed by atoms with Crippen LogP contribution in [-0.2, 0) is 4.74 Å². The van der Waals surface area contributed by atoms with E-state index >= 15 is 0 Å². The standard InChI is InChI=1S/C12H15NO2/c1-10-9-13(7-8-15-10)12(14)11-5-3-2-4-6-11/h2-6,10H,7-9H2,1H3/t10-/m1/s1. The molecule has 0 aliphatic carbocycles. The minimum Gasteiger partial charge on any atom is -0.375 e. The molecule has 1 aliphatic rings. The second kappa shape index (κ2) is 4.45. The Bertz CT molecular complexity index is 337. The molecule has 3 heteroatoms. The molecular weight excluding hydrogens is 190 g/mol. The molecule has 15 heavy (non-hydrogen) atoms. The van der Waals surface area contributed by atoms with Crippen LogP contribution in [0.5, 0.6) is 0 Å². The molecule has 0 radical (unpaired) electrons. The van der Waals surface area contributed by atoms with E-state index in [4.69, 9.17) is 4.74 Å². The number of morpholine rings is 1. The predicted octanol–water partition coefficient (Wildman–Crippen LogP) is 1.55. The maximum Gasteiger partial charge on any atom is 0.254 e. The van der Waals surface area contributed by atoms with Crippen LogP contribution in [-0.4, -0.2) is 36.6 Å². The van der Waals surface area contributed by atoms with Crippen LogP contribution in [0.15, 0.2) is 30.3 Å². The first-order valence-corrected chi connectivity index (χ1v) is 5.23. The van der Waals surface area contributed by atoms with Crippen molar-refractivity contribution < 1.29 is 9.53 Å². The van der Waals surface area contributed by atoms with Gasteiger partial charge in [0.05, 0.1) is 12.7 Å². The summed E-state index contributed by atoms with van der Waals surface area (Å²) in [6, 6.07) is 9.39. The molecule has 1 fully saturated rings. The lowest BCUT2D eigenvalue weighted by Gasteiger charge is -2.31. The van der Waals surface area contributed by atoms with Crippen molar-refractivity contribution in [3.63, 3.8) is 0 Å². The molecule has 1 aromatic carbocycles. The Morgan fingerprint density at radius 1 is 1.40 bits per heavy atom. The number of amides is 1. The molecule has 1 atom stereocenters. The van der Waals surface area contributed by atoms with Gasteiger partial charge in [0.25, 0.3) is 5.91 Å². The topological polar surface area (TPSA) is 29.5 Å². The van der Waals surface area contributed by atoms with Gasteiger partial charge in [-0.25, -0.2) is 0 Å². The first-order valence-electron chi connectivity index (χ1n) is 5.23. The van der Waals surface area contributed by atoms with Crippen LogP contribution in [0.25, 0.3) is 0 Å². The fourth-order valence-corrected chi connectivity index (χ4v) is 1.77. The smallest absolute Gasteiger partial charge is 0.254 e. The van der Waals surface area contributed by atoms with Crippen molar-refractivity contribution in [3.8, 4) is 0 Å². The summed E-state index contributed by atoms with van der Waals surface area (Å²) in [6.45, 7) is 4.01. The molecule has 0 spiro atoms. The molecule has 1 heterocycles. The third kappa shape index (κ3) is 2.36. The van der Waals surface area contributed by atoms with Crippen molar-refractivity contribution in [2.24, 2.45) is 0 Å². The number of ether oxygens (including phenoxy) is 1. The van der Waals surface area contributed by atoms with Crippen molar-refractivity contribution in [1.82, 2.24) is 4.90 Å². The third-order valence-electron chi connectivity index (χ3n) is 2.55. The van der Waals surface area contributed by atoms with Gasteiger partial charge in [0.15, 0.2) is 0 Å². The molecule has 0 N–H and O–H groups in total.